The molecule has 0 saturated carbocycles. The molecule has 0 aliphatic carbocycles. The average Bonchev–Trinajstić information content (AvgIpc) is 1.58. The molecule has 0 spiro atoms. The summed E-state index contributed by atoms with van der Waals surface area (Å²) in [5.74, 6) is -19.3. The number of Topliss-reactive ketones (excluding diaryl/α,β-unsaturated/α-hetero) is 1. The van der Waals surface area contributed by atoms with Crippen LogP contribution in [0, 0.1) is 5.92 Å². The molecule has 110 heavy (non-hydrogen) atoms. The van der Waals surface area contributed by atoms with Gasteiger partial charge >= 0.3 is 17.9 Å². The van der Waals surface area contributed by atoms with Crippen LogP contribution < -0.4 is 81.4 Å². The molecule has 596 valence electrons. The van der Waals surface area contributed by atoms with Gasteiger partial charge in [0.15, 0.2) is 5.78 Å². The second-order valence-electron chi connectivity index (χ2n) is 26.2. The number of carboxylic acids is 2. The molecule has 1 aromatic heterocycles. The summed E-state index contributed by atoms with van der Waals surface area (Å²) < 4.78 is 5.69. The van der Waals surface area contributed by atoms with Crippen LogP contribution in [-0.4, -0.2) is 221 Å². The molecular formula is C72H97N17O21. The fraction of sp³-hybridized carbons (Fsp3) is 0.472. The van der Waals surface area contributed by atoms with Crippen molar-refractivity contribution in [3.05, 3.63) is 101 Å². The van der Waals surface area contributed by atoms with Gasteiger partial charge in [-0.15, -0.1) is 0 Å². The van der Waals surface area contributed by atoms with Gasteiger partial charge in [0.25, 0.3) is 5.91 Å². The van der Waals surface area contributed by atoms with Gasteiger partial charge in [0.1, 0.15) is 61.5 Å². The van der Waals surface area contributed by atoms with Crippen LogP contribution in [0.4, 0.5) is 5.69 Å². The quantitative estimate of drug-likeness (QED) is 0.00883. The predicted octanol–water partition coefficient (Wildman–Crippen LogP) is -3.54. The number of ether oxygens (including phenoxy) is 1. The number of cyclic esters (lactones) is 1. The number of hydrogen-bond acceptors (Lipinski definition) is 22. The smallest absolute Gasteiger partial charge is 0.329 e. The number of carboxylic acid groups (broad SMARTS) is 2. The number of carbonyl (C=O) groups is 17. The number of esters is 1. The summed E-state index contributed by atoms with van der Waals surface area (Å²) in [4.78, 5) is 233. The Kier molecular flexibility index (Phi) is 36.5. The fourth-order valence-electron chi connectivity index (χ4n) is 11.4. The Morgan fingerprint density at radius 3 is 1.86 bits per heavy atom. The Morgan fingerprint density at radius 2 is 1.23 bits per heavy atom. The summed E-state index contributed by atoms with van der Waals surface area (Å²) >= 11 is 0. The third-order valence-electron chi connectivity index (χ3n) is 17.3. The summed E-state index contributed by atoms with van der Waals surface area (Å²) in [6.45, 7) is -1.51. The van der Waals surface area contributed by atoms with Crippen molar-refractivity contribution >= 4 is 123 Å². The first-order valence-electron chi connectivity index (χ1n) is 35.6. The van der Waals surface area contributed by atoms with E-state index in [1.165, 1.54) is 18.2 Å². The number of aliphatic hydroxyl groups is 1. The predicted molar refractivity (Wildman–Crippen MR) is 394 cm³/mol. The molecule has 3 aromatic carbocycles. The number of nitrogen functional groups attached to an aromatic ring is 1. The number of hydrogen-bond donors (Lipinski definition) is 19. The number of nitrogens with one attached hydrogen (secondary N) is 12. The first kappa shape index (κ1) is 88.4. The number of para-hydroxylation sites is 2. The van der Waals surface area contributed by atoms with Crippen molar-refractivity contribution in [3.63, 3.8) is 0 Å². The average molecular weight is 1540 g/mol. The van der Waals surface area contributed by atoms with Gasteiger partial charge in [0, 0.05) is 58.9 Å². The molecule has 1 saturated heterocycles. The lowest BCUT2D eigenvalue weighted by Gasteiger charge is -2.28. The van der Waals surface area contributed by atoms with E-state index >= 15 is 0 Å². The zero-order chi connectivity index (χ0) is 81.0. The number of ketones is 1. The molecule has 1 fully saturated rings. The molecule has 1 aliphatic heterocycles. The molecular weight excluding hydrogens is 1440 g/mol. The van der Waals surface area contributed by atoms with Crippen molar-refractivity contribution in [1.29, 1.82) is 0 Å². The van der Waals surface area contributed by atoms with E-state index in [4.69, 9.17) is 27.7 Å². The SMILES string of the molecule is CCCCCCCc1ccc(C(=O)NC(Cc2c[nH]c3ccccc23)C(=O)NC(CC(N)=O)C(=O)NC(CC(=O)O)C(=O)NC2COC(=O)C(CC(=O)c3ccccc3N)NC(=O)CC(C)CCC2=NCC(=O)NC(CCCN)C(=O)NCC(=O)NCC(=O)NC(CC(=O)O)C(=O)NCC(=O)NC(CO)C(N)=O)cc1. The van der Waals surface area contributed by atoms with Crippen LogP contribution in [0.5, 0.6) is 0 Å². The van der Waals surface area contributed by atoms with E-state index in [1.54, 1.807) is 67.7 Å². The van der Waals surface area contributed by atoms with Crippen LogP contribution in [0.15, 0.2) is 84.0 Å². The highest BCUT2D eigenvalue weighted by atomic mass is 16.5. The number of aromatic nitrogens is 1. The Bertz CT molecular complexity index is 4000. The topological polar surface area (TPSA) is 625 Å². The number of fused-ring (bicyclic) bond motifs is 1. The number of nitrogens with two attached hydrogens (primary N) is 4. The first-order valence-corrected chi connectivity index (χ1v) is 35.6. The maximum absolute atomic E-state index is 14.8. The number of amides is 13. The number of aryl methyl sites for hydroxylation is 1. The van der Waals surface area contributed by atoms with Crippen LogP contribution in [-0.2, 0) is 89.5 Å². The summed E-state index contributed by atoms with van der Waals surface area (Å²) in [6, 6.07) is 6.19. The van der Waals surface area contributed by atoms with Gasteiger partial charge in [-0.25, -0.2) is 4.79 Å². The number of benzene rings is 3. The van der Waals surface area contributed by atoms with Crippen LogP contribution in [0.1, 0.15) is 136 Å². The number of rotatable bonds is 43. The van der Waals surface area contributed by atoms with Crippen LogP contribution >= 0.6 is 0 Å². The van der Waals surface area contributed by atoms with Gasteiger partial charge in [-0.1, -0.05) is 82.0 Å². The highest BCUT2D eigenvalue weighted by Gasteiger charge is 2.36. The maximum Gasteiger partial charge on any atom is 0.329 e. The Labute approximate surface area is 631 Å². The van der Waals surface area contributed by atoms with Crippen molar-refractivity contribution in [1.82, 2.24) is 63.5 Å². The normalized spacial score (nSPS) is 16.4. The molecule has 0 bridgehead atoms. The van der Waals surface area contributed by atoms with E-state index in [0.717, 1.165) is 44.1 Å². The Morgan fingerprint density at radius 1 is 0.636 bits per heavy atom. The minimum absolute atomic E-state index is 0.00328. The molecule has 5 rings (SSSR count). The van der Waals surface area contributed by atoms with Gasteiger partial charge in [0.2, 0.25) is 70.9 Å². The van der Waals surface area contributed by atoms with Crippen molar-refractivity contribution in [2.75, 3.05) is 51.7 Å². The number of aliphatic hydroxyl groups excluding tert-OH is 1. The van der Waals surface area contributed by atoms with E-state index in [9.17, 15) is 96.8 Å². The lowest BCUT2D eigenvalue weighted by Crippen LogP contribution is -2.59. The Balaban J connectivity index is 1.39. The van der Waals surface area contributed by atoms with Crippen molar-refractivity contribution in [3.8, 4) is 0 Å². The number of aliphatic imine (C=N–C) groups is 1. The van der Waals surface area contributed by atoms with Crippen molar-refractivity contribution in [2.45, 2.75) is 165 Å². The molecule has 9 atom stereocenters. The van der Waals surface area contributed by atoms with Gasteiger partial charge in [-0.3, -0.25) is 81.7 Å². The summed E-state index contributed by atoms with van der Waals surface area (Å²) in [6.07, 6.45) is 3.19. The number of carbonyl (C=O) groups excluding carboxylic acids is 15. The van der Waals surface area contributed by atoms with E-state index in [-0.39, 0.29) is 67.6 Å². The van der Waals surface area contributed by atoms with E-state index in [0.29, 0.717) is 16.5 Å². The molecule has 9 unspecified atom stereocenters. The lowest BCUT2D eigenvalue weighted by molar-refractivity contribution is -0.148. The minimum atomic E-state index is -2.11. The van der Waals surface area contributed by atoms with Crippen LogP contribution in [0.2, 0.25) is 0 Å². The minimum Gasteiger partial charge on any atom is -0.481 e. The standard InChI is InChI=1S/C72H97N17O21/c1-3-4-5-6-7-13-40-20-22-41(23-21-40)66(103)86-49(27-42-32-77-46-17-11-9-14-43(42)46)69(106)87-50(29-57(75)92)70(107)88-52(31-64(100)101)71(108)89-55-38-110-72(109)53(28-56(91)44-15-8-10-16-45(44)74)84-58(93)26-39(2)19-24-47(55)78-34-60(95)82-48(18-12-25-73)67(104)80-33-59(94)79-35-61(96)83-51(30-63(98)99)68(105)81-36-62(97)85-54(37-90)65(76)102/h8-11,14-17,20-23,32,39,48-55,77,90H,3-7,12-13,18-19,24-31,33-38,73-74H2,1-2H3,(H2,75,92)(H2,76,102)(H,79,94)(H,80,104)(H,81,105)(H,82,95)(H,83,96)(H,84,93)(H,85,97)(H,86,103)(H,87,106)(H,88,107)(H,89,108)(H,98,99)(H,100,101). The molecule has 23 N–H and O–H groups in total. The van der Waals surface area contributed by atoms with Crippen LogP contribution in [0.25, 0.3) is 10.9 Å². The zero-order valence-corrected chi connectivity index (χ0v) is 60.9. The van der Waals surface area contributed by atoms with Gasteiger partial charge in [-0.2, -0.15) is 0 Å². The molecule has 4 aromatic rings. The number of aliphatic carboxylic acids is 2. The number of aromatic amines is 1. The largest absolute Gasteiger partial charge is 0.481 e. The first-order chi connectivity index (χ1) is 52.4. The monoisotopic (exact) mass is 1540 g/mol. The lowest BCUT2D eigenvalue weighted by atomic mass is 9.95. The van der Waals surface area contributed by atoms with E-state index < -0.39 is 220 Å². The molecule has 13 amide bonds. The second kappa shape index (κ2) is 45.4. The molecule has 38 nitrogen and oxygen atoms in total. The van der Waals surface area contributed by atoms with Gasteiger partial charge < -0.3 is 106 Å². The summed E-state index contributed by atoms with van der Waals surface area (Å²) in [7, 11) is 0. The molecule has 38 heteroatoms. The molecule has 0 radical (unpaired) electrons. The summed E-state index contributed by atoms with van der Waals surface area (Å²) in [5.41, 5.74) is 24.8. The molecule has 2 heterocycles. The van der Waals surface area contributed by atoms with Crippen molar-refractivity contribution < 1.29 is 102 Å². The number of nitrogens with zero attached hydrogens (tertiary/aromatic N) is 1. The third-order valence-corrected chi connectivity index (χ3v) is 17.3. The molecule has 1 aliphatic rings. The number of primary amides is 2. The fourth-order valence-corrected chi connectivity index (χ4v) is 11.4. The van der Waals surface area contributed by atoms with Gasteiger partial charge in [0.05, 0.1) is 45.5 Å². The highest BCUT2D eigenvalue weighted by molar-refractivity contribution is 6.05. The summed E-state index contributed by atoms with van der Waals surface area (Å²) in [5, 5.41) is 55.1. The maximum atomic E-state index is 14.8. The second-order valence-corrected chi connectivity index (χ2v) is 26.2. The van der Waals surface area contributed by atoms with E-state index in [2.05, 4.69) is 70.1 Å². The third kappa shape index (κ3) is 30.6. The number of unbranched alkanes of at least 4 members (excludes halogenated alkanes) is 4. The zero-order valence-electron chi connectivity index (χ0n) is 60.9. The highest BCUT2D eigenvalue weighted by Crippen LogP contribution is 2.22. The van der Waals surface area contributed by atoms with Crippen LogP contribution in [0.3, 0.4) is 0 Å². The van der Waals surface area contributed by atoms with Gasteiger partial charge in [-0.05, 0) is 92.4 Å². The Hall–Kier alpha value is -12.2. The number of H-pyrrole nitrogens is 1. The van der Waals surface area contributed by atoms with Crippen molar-refractivity contribution in [2.24, 2.45) is 28.1 Å². The van der Waals surface area contributed by atoms with E-state index in [1.807, 2.05) is 5.32 Å². The number of anilines is 1.